The monoisotopic (exact) mass is 453 g/mol. The molecule has 3 rings (SSSR count). The van der Waals surface area contributed by atoms with Crippen molar-refractivity contribution in [2.45, 2.75) is 31.4 Å². The number of hydrogen-bond donors (Lipinski definition) is 2. The molecule has 0 aromatic carbocycles. The zero-order chi connectivity index (χ0) is 13.4. The van der Waals surface area contributed by atoms with E-state index >= 15 is 0 Å². The second-order valence-corrected chi connectivity index (χ2v) is 7.30. The van der Waals surface area contributed by atoms with Crippen molar-refractivity contribution < 1.29 is 5.11 Å². The van der Waals surface area contributed by atoms with Crippen LogP contribution in [0.4, 0.5) is 5.69 Å². The van der Waals surface area contributed by atoms with E-state index < -0.39 is 0 Å². The van der Waals surface area contributed by atoms with Gasteiger partial charge in [-0.25, -0.2) is 4.98 Å². The first kappa shape index (κ1) is 14.0. The number of nitrogens with one attached hydrogen (secondary N) is 1. The van der Waals surface area contributed by atoms with Gasteiger partial charge < -0.3 is 10.4 Å². The average molecular weight is 454 g/mol. The van der Waals surface area contributed by atoms with Crippen LogP contribution in [0, 0.1) is 0 Å². The summed E-state index contributed by atoms with van der Waals surface area (Å²) in [7, 11) is 1.60. The maximum absolute atomic E-state index is 9.63. The van der Waals surface area contributed by atoms with Gasteiger partial charge in [-0.3, -0.25) is 3.97 Å². The molecule has 0 radical (unpaired) electrons. The fourth-order valence-corrected chi connectivity index (χ4v) is 4.24. The minimum Gasteiger partial charge on any atom is -0.393 e. The van der Waals surface area contributed by atoms with Gasteiger partial charge in [-0.15, -0.1) is 0 Å². The largest absolute Gasteiger partial charge is 0.393 e. The van der Waals surface area contributed by atoms with E-state index in [0.29, 0.717) is 6.04 Å². The van der Waals surface area contributed by atoms with Gasteiger partial charge in [0.25, 0.3) is 0 Å². The lowest BCUT2D eigenvalue weighted by molar-refractivity contribution is 0.182. The van der Waals surface area contributed by atoms with E-state index in [1.165, 1.54) is 0 Å². The van der Waals surface area contributed by atoms with Gasteiger partial charge in [0.2, 0.25) is 0 Å². The van der Waals surface area contributed by atoms with Gasteiger partial charge in [-0.05, 0) is 41.3 Å². The summed E-state index contributed by atoms with van der Waals surface area (Å²) in [5.74, 6) is 0. The van der Waals surface area contributed by atoms with Crippen molar-refractivity contribution in [3.8, 4) is 0 Å². The Hall–Kier alpha value is 0.01000. The second-order valence-electron chi connectivity index (χ2n) is 4.74. The summed E-state index contributed by atoms with van der Waals surface area (Å²) in [5, 5.41) is 14.3. The number of fused-ring (bicyclic) bond motifs is 1. The molecule has 1 fully saturated rings. The van der Waals surface area contributed by atoms with E-state index in [2.05, 4.69) is 53.5 Å². The lowest BCUT2D eigenvalue weighted by Gasteiger charge is -2.16. The molecule has 102 valence electrons. The van der Waals surface area contributed by atoms with Crippen LogP contribution >= 0.6 is 46.3 Å². The zero-order valence-corrected chi connectivity index (χ0v) is 14.6. The first-order valence-corrected chi connectivity index (χ1v) is 10.2. The first-order valence-electron chi connectivity index (χ1n) is 6.08. The fourth-order valence-electron chi connectivity index (χ4n) is 2.53. The van der Waals surface area contributed by atoms with Gasteiger partial charge in [-0.2, -0.15) is 0 Å². The highest BCUT2D eigenvalue weighted by Crippen LogP contribution is 2.35. The van der Waals surface area contributed by atoms with Gasteiger partial charge in [0.05, 0.1) is 16.3 Å². The van der Waals surface area contributed by atoms with Crippen LogP contribution in [0.5, 0.6) is 0 Å². The topological polar surface area (TPSA) is 50.1 Å². The Kier molecular flexibility index (Phi) is 4.25. The summed E-state index contributed by atoms with van der Waals surface area (Å²) in [6.45, 7) is 0. The van der Waals surface area contributed by atoms with E-state index in [4.69, 9.17) is 0 Å². The van der Waals surface area contributed by atoms with Crippen molar-refractivity contribution in [2.24, 2.45) is 0 Å². The molecule has 7 heteroatoms. The molecule has 1 saturated carbocycles. The van der Waals surface area contributed by atoms with Crippen molar-refractivity contribution in [3.63, 3.8) is 0 Å². The molecule has 0 unspecified atom stereocenters. The molecule has 1 aliphatic carbocycles. The molecule has 2 heterocycles. The Morgan fingerprint density at radius 2 is 2.37 bits per heavy atom. The van der Waals surface area contributed by atoms with Gasteiger partial charge >= 0.3 is 0 Å². The van der Waals surface area contributed by atoms with Crippen LogP contribution in [0.2, 0.25) is 0 Å². The normalized spacial score (nSPS) is 23.1. The van der Waals surface area contributed by atoms with Crippen LogP contribution in [0.15, 0.2) is 22.9 Å². The van der Waals surface area contributed by atoms with Crippen LogP contribution in [-0.2, 0) is 0 Å². The number of rotatable bonds is 3. The van der Waals surface area contributed by atoms with E-state index in [-0.39, 0.29) is 6.10 Å². The molecule has 2 aromatic rings. The second kappa shape index (κ2) is 5.79. The molecule has 0 amide bonds. The number of anilines is 1. The Balaban J connectivity index is 1.97. The molecule has 2 N–H and O–H groups in total. The van der Waals surface area contributed by atoms with Crippen molar-refractivity contribution in [1.29, 1.82) is 0 Å². The van der Waals surface area contributed by atoms with Crippen LogP contribution in [0.3, 0.4) is 0 Å². The predicted molar refractivity (Wildman–Crippen MR) is 91.7 cm³/mol. The number of pyridine rings is 1. The fraction of sp³-hybridized carbons (Fsp3) is 0.417. The third kappa shape index (κ3) is 2.74. The molecule has 1 aliphatic rings. The van der Waals surface area contributed by atoms with Crippen LogP contribution in [0.1, 0.15) is 19.3 Å². The molecular formula is C12H13BrIN3OS. The smallest absolute Gasteiger partial charge is 0.152 e. The average Bonchev–Trinajstić information content (AvgIpc) is 2.99. The number of aliphatic hydroxyl groups excluding tert-OH is 1. The summed E-state index contributed by atoms with van der Waals surface area (Å²) in [5.41, 5.74) is 2.04. The van der Waals surface area contributed by atoms with Crippen molar-refractivity contribution in [2.75, 3.05) is 5.32 Å². The summed E-state index contributed by atoms with van der Waals surface area (Å²) in [6, 6.07) is 2.42. The maximum Gasteiger partial charge on any atom is 0.152 e. The first-order chi connectivity index (χ1) is 9.19. The maximum atomic E-state index is 9.63. The van der Waals surface area contributed by atoms with E-state index in [0.717, 1.165) is 40.5 Å². The van der Waals surface area contributed by atoms with Gasteiger partial charge in [0.15, 0.2) is 5.65 Å². The Morgan fingerprint density at radius 1 is 1.53 bits per heavy atom. The molecule has 0 aliphatic heterocycles. The summed E-state index contributed by atoms with van der Waals surface area (Å²) >= 11 is 5.81. The summed E-state index contributed by atoms with van der Waals surface area (Å²) < 4.78 is 3.01. The van der Waals surface area contributed by atoms with Crippen molar-refractivity contribution >= 4 is 63.0 Å². The minimum atomic E-state index is -0.164. The number of nitrogens with zero attached hydrogens (tertiary/aromatic N) is 2. The Bertz CT molecular complexity index is 606. The minimum absolute atomic E-state index is 0.164. The quantitative estimate of drug-likeness (QED) is 0.690. The molecular weight excluding hydrogens is 441 g/mol. The van der Waals surface area contributed by atoms with Crippen LogP contribution in [0.25, 0.3) is 11.0 Å². The van der Waals surface area contributed by atoms with Crippen LogP contribution in [-0.4, -0.2) is 26.2 Å². The van der Waals surface area contributed by atoms with E-state index in [1.54, 1.807) is 9.12 Å². The molecule has 2 atom stereocenters. The molecule has 0 saturated heterocycles. The molecule has 19 heavy (non-hydrogen) atoms. The Labute approximate surface area is 136 Å². The lowest BCUT2D eigenvalue weighted by Crippen LogP contribution is -2.17. The number of hydrogen-bond acceptors (Lipinski definition) is 4. The van der Waals surface area contributed by atoms with Crippen molar-refractivity contribution in [1.82, 2.24) is 8.96 Å². The van der Waals surface area contributed by atoms with Gasteiger partial charge in [0.1, 0.15) is 0 Å². The standard InChI is InChI=1S/C12H13BrIN3OS/c13-10-6-15-12-9(3-4-17(12)19-14)11(10)16-7-1-2-8(18)5-7/h3-4,6-8,18H,1-2,5H2,(H,15,16)/t7-,8+/m1/s1. The van der Waals surface area contributed by atoms with Gasteiger partial charge in [-0.1, -0.05) is 0 Å². The number of aliphatic hydroxyl groups is 1. The third-order valence-electron chi connectivity index (χ3n) is 3.46. The molecule has 0 spiro atoms. The molecule has 0 bridgehead atoms. The van der Waals surface area contributed by atoms with Gasteiger partial charge in [0, 0.05) is 54.1 Å². The molecule has 4 nitrogen and oxygen atoms in total. The number of aromatic nitrogens is 2. The predicted octanol–water partition coefficient (Wildman–Crippen LogP) is 3.97. The highest BCUT2D eigenvalue weighted by Gasteiger charge is 2.24. The highest BCUT2D eigenvalue weighted by atomic mass is 127. The third-order valence-corrected chi connectivity index (χ3v) is 5.78. The zero-order valence-electron chi connectivity index (χ0n) is 10.0. The molecule has 2 aromatic heterocycles. The van der Waals surface area contributed by atoms with E-state index in [1.807, 2.05) is 16.4 Å². The van der Waals surface area contributed by atoms with Crippen LogP contribution < -0.4 is 5.32 Å². The Morgan fingerprint density at radius 3 is 3.05 bits per heavy atom. The number of halogens is 2. The van der Waals surface area contributed by atoms with E-state index in [9.17, 15) is 5.11 Å². The highest BCUT2D eigenvalue weighted by molar-refractivity contribution is 14.2. The summed E-state index contributed by atoms with van der Waals surface area (Å²) in [6.07, 6.45) is 6.41. The van der Waals surface area contributed by atoms with Crippen molar-refractivity contribution in [3.05, 3.63) is 22.9 Å². The lowest BCUT2D eigenvalue weighted by atomic mass is 10.2. The SMILES string of the molecule is O[C@H]1CC[C@@H](Nc2c(Br)cnc3c2ccn3SI)C1. The summed E-state index contributed by atoms with van der Waals surface area (Å²) in [4.78, 5) is 4.46.